The van der Waals surface area contributed by atoms with Gasteiger partial charge in [-0.3, -0.25) is 10.1 Å². The van der Waals surface area contributed by atoms with Crippen LogP contribution in [-0.4, -0.2) is 11.0 Å². The van der Waals surface area contributed by atoms with E-state index in [2.05, 4.69) is 4.99 Å². The molecule has 1 aliphatic rings. The Hall–Kier alpha value is -2.00. The van der Waals surface area contributed by atoms with E-state index < -0.39 is 10.5 Å². The van der Waals surface area contributed by atoms with Gasteiger partial charge in [-0.25, -0.2) is 4.79 Å². The van der Waals surface area contributed by atoms with Crippen LogP contribution >= 0.6 is 0 Å². The molecule has 0 atom stereocenters. The van der Waals surface area contributed by atoms with E-state index in [4.69, 9.17) is 0 Å². The van der Waals surface area contributed by atoms with Crippen molar-refractivity contribution in [3.8, 4) is 0 Å². The van der Waals surface area contributed by atoms with Crippen molar-refractivity contribution in [3.05, 3.63) is 39.4 Å². The van der Waals surface area contributed by atoms with Crippen LogP contribution in [-0.2, 0) is 10.3 Å². The van der Waals surface area contributed by atoms with Crippen LogP contribution in [0.2, 0.25) is 0 Å². The summed E-state index contributed by atoms with van der Waals surface area (Å²) in [4.78, 5) is 24.3. The number of aryl methyl sites for hydroxylation is 1. The second-order valence-corrected chi connectivity index (χ2v) is 3.99. The number of benzene rings is 1. The summed E-state index contributed by atoms with van der Waals surface area (Å²) in [7, 11) is 0. The lowest BCUT2D eigenvalue weighted by molar-refractivity contribution is -0.385. The smallest absolute Gasteiger partial charge is 0.258 e. The number of hydrogen-bond donors (Lipinski definition) is 0. The summed E-state index contributed by atoms with van der Waals surface area (Å²) in [5, 5.41) is 10.7. The average Bonchev–Trinajstić information content (AvgIpc) is 2.99. The molecule has 1 saturated carbocycles. The highest BCUT2D eigenvalue weighted by Gasteiger charge is 2.46. The molecular formula is C11H10N2O3. The summed E-state index contributed by atoms with van der Waals surface area (Å²) in [6, 6.07) is 4.65. The van der Waals surface area contributed by atoms with Crippen LogP contribution in [0.5, 0.6) is 0 Å². The monoisotopic (exact) mass is 218 g/mol. The van der Waals surface area contributed by atoms with Crippen LogP contribution in [0.15, 0.2) is 23.2 Å². The third-order valence-electron chi connectivity index (χ3n) is 2.92. The Morgan fingerprint density at radius 3 is 2.69 bits per heavy atom. The van der Waals surface area contributed by atoms with Crippen LogP contribution in [0.1, 0.15) is 24.0 Å². The first kappa shape index (κ1) is 10.5. The van der Waals surface area contributed by atoms with Crippen molar-refractivity contribution in [2.75, 3.05) is 0 Å². The molecule has 0 aromatic heterocycles. The zero-order valence-corrected chi connectivity index (χ0v) is 8.77. The number of non-ortho nitro benzene ring substituents is 1. The zero-order chi connectivity index (χ0) is 11.8. The Balaban J connectivity index is 2.52. The molecular weight excluding hydrogens is 208 g/mol. The molecule has 0 spiro atoms. The summed E-state index contributed by atoms with van der Waals surface area (Å²) in [5.41, 5.74) is 1.18. The maximum atomic E-state index is 10.7. The molecule has 5 nitrogen and oxygen atoms in total. The Labute approximate surface area is 92.0 Å². The first-order valence-corrected chi connectivity index (χ1v) is 4.94. The summed E-state index contributed by atoms with van der Waals surface area (Å²) >= 11 is 0. The number of carbonyl (C=O) groups excluding carboxylic acids is 1. The molecule has 0 bridgehead atoms. The number of nitro benzene ring substituents is 1. The molecule has 0 N–H and O–H groups in total. The standard InChI is InChI=1S/C11H10N2O3/c1-8-2-3-9(13(15)16)6-10(8)11(4-5-11)12-7-14/h2-3,6H,4-5H2,1H3. The highest BCUT2D eigenvalue weighted by atomic mass is 16.6. The van der Waals surface area contributed by atoms with Gasteiger partial charge in [0.2, 0.25) is 6.08 Å². The van der Waals surface area contributed by atoms with E-state index in [1.54, 1.807) is 12.1 Å². The van der Waals surface area contributed by atoms with Crippen LogP contribution in [0, 0.1) is 17.0 Å². The van der Waals surface area contributed by atoms with Crippen molar-refractivity contribution in [1.82, 2.24) is 0 Å². The van der Waals surface area contributed by atoms with Gasteiger partial charge in [-0.15, -0.1) is 0 Å². The van der Waals surface area contributed by atoms with Crippen molar-refractivity contribution in [1.29, 1.82) is 0 Å². The van der Waals surface area contributed by atoms with Crippen LogP contribution in [0.25, 0.3) is 0 Å². The fraction of sp³-hybridized carbons (Fsp3) is 0.364. The average molecular weight is 218 g/mol. The quantitative estimate of drug-likeness (QED) is 0.338. The Morgan fingerprint density at radius 1 is 1.50 bits per heavy atom. The van der Waals surface area contributed by atoms with E-state index in [0.717, 1.165) is 24.0 Å². The minimum atomic E-state index is -0.544. The van der Waals surface area contributed by atoms with E-state index >= 15 is 0 Å². The van der Waals surface area contributed by atoms with Gasteiger partial charge in [0.25, 0.3) is 5.69 Å². The van der Waals surface area contributed by atoms with Gasteiger partial charge in [0, 0.05) is 12.1 Å². The number of rotatable bonds is 3. The molecule has 0 radical (unpaired) electrons. The van der Waals surface area contributed by atoms with E-state index in [1.165, 1.54) is 12.1 Å². The van der Waals surface area contributed by atoms with E-state index in [0.29, 0.717) is 0 Å². The van der Waals surface area contributed by atoms with Gasteiger partial charge in [0.15, 0.2) is 0 Å². The van der Waals surface area contributed by atoms with Crippen molar-refractivity contribution in [2.24, 2.45) is 4.99 Å². The molecule has 1 aliphatic carbocycles. The predicted molar refractivity (Wildman–Crippen MR) is 56.9 cm³/mol. The molecule has 1 fully saturated rings. The Kier molecular flexibility index (Phi) is 2.33. The molecule has 2 rings (SSSR count). The van der Waals surface area contributed by atoms with Gasteiger partial charge in [-0.05, 0) is 30.9 Å². The molecule has 0 heterocycles. The van der Waals surface area contributed by atoms with Crippen LogP contribution in [0.3, 0.4) is 0 Å². The molecule has 0 saturated heterocycles. The topological polar surface area (TPSA) is 72.6 Å². The normalized spacial score (nSPS) is 16.3. The molecule has 0 unspecified atom stereocenters. The van der Waals surface area contributed by atoms with Gasteiger partial charge in [-0.1, -0.05) is 6.07 Å². The van der Waals surface area contributed by atoms with Crippen LogP contribution in [0.4, 0.5) is 5.69 Å². The van der Waals surface area contributed by atoms with Gasteiger partial charge < -0.3 is 0 Å². The maximum Gasteiger partial charge on any atom is 0.269 e. The Bertz CT molecular complexity index is 500. The summed E-state index contributed by atoms with van der Waals surface area (Å²) < 4.78 is 0. The van der Waals surface area contributed by atoms with Crippen LogP contribution < -0.4 is 0 Å². The van der Waals surface area contributed by atoms with E-state index in [9.17, 15) is 14.9 Å². The SMILES string of the molecule is Cc1ccc([N+](=O)[O-])cc1C1(N=C=O)CC1. The lowest BCUT2D eigenvalue weighted by Crippen LogP contribution is -2.05. The number of aliphatic imine (C=N–C) groups is 1. The fourth-order valence-corrected chi connectivity index (χ4v) is 1.87. The largest absolute Gasteiger partial charge is 0.269 e. The van der Waals surface area contributed by atoms with Crippen molar-refractivity contribution >= 4 is 11.8 Å². The maximum absolute atomic E-state index is 10.7. The molecule has 0 amide bonds. The first-order chi connectivity index (χ1) is 7.59. The third kappa shape index (κ3) is 1.61. The van der Waals surface area contributed by atoms with Gasteiger partial charge >= 0.3 is 0 Å². The summed E-state index contributed by atoms with van der Waals surface area (Å²) in [5.74, 6) is 0. The number of hydrogen-bond acceptors (Lipinski definition) is 4. The molecule has 5 heteroatoms. The molecule has 82 valence electrons. The lowest BCUT2D eigenvalue weighted by Gasteiger charge is -2.11. The second kappa shape index (κ2) is 3.54. The second-order valence-electron chi connectivity index (χ2n) is 3.99. The highest BCUT2D eigenvalue weighted by Crippen LogP contribution is 2.50. The summed E-state index contributed by atoms with van der Waals surface area (Å²) in [6.45, 7) is 1.86. The summed E-state index contributed by atoms with van der Waals surface area (Å²) in [6.07, 6.45) is 3.06. The number of isocyanates is 1. The minimum Gasteiger partial charge on any atom is -0.258 e. The molecule has 1 aromatic rings. The highest BCUT2D eigenvalue weighted by molar-refractivity contribution is 5.48. The van der Waals surface area contributed by atoms with Gasteiger partial charge in [-0.2, -0.15) is 4.99 Å². The molecule has 0 aliphatic heterocycles. The minimum absolute atomic E-state index is 0.0352. The first-order valence-electron chi connectivity index (χ1n) is 4.94. The molecule has 16 heavy (non-hydrogen) atoms. The fourth-order valence-electron chi connectivity index (χ4n) is 1.87. The van der Waals surface area contributed by atoms with Crippen molar-refractivity contribution in [3.63, 3.8) is 0 Å². The van der Waals surface area contributed by atoms with Crippen molar-refractivity contribution in [2.45, 2.75) is 25.3 Å². The number of nitro groups is 1. The lowest BCUT2D eigenvalue weighted by atomic mass is 9.99. The van der Waals surface area contributed by atoms with Crippen molar-refractivity contribution < 1.29 is 9.72 Å². The molecule has 1 aromatic carbocycles. The van der Waals surface area contributed by atoms with Gasteiger partial charge in [0.05, 0.1) is 10.5 Å². The third-order valence-corrected chi connectivity index (χ3v) is 2.92. The zero-order valence-electron chi connectivity index (χ0n) is 8.77. The predicted octanol–water partition coefficient (Wildman–Crippen LogP) is 2.23. The van der Waals surface area contributed by atoms with E-state index in [-0.39, 0.29) is 5.69 Å². The van der Waals surface area contributed by atoms with E-state index in [1.807, 2.05) is 6.92 Å². The Morgan fingerprint density at radius 2 is 2.19 bits per heavy atom. The van der Waals surface area contributed by atoms with Gasteiger partial charge in [0.1, 0.15) is 0 Å². The number of nitrogens with zero attached hydrogens (tertiary/aromatic N) is 2.